The molecule has 90 valence electrons. The highest BCUT2D eigenvalue weighted by Gasteiger charge is 2.04. The number of rotatable bonds is 3. The molecular weight excluding hydrogens is 299 g/mol. The average Bonchev–Trinajstić information content (AvgIpc) is 2.40. The first-order valence-corrected chi connectivity index (χ1v) is 5.89. The van der Waals surface area contributed by atoms with Gasteiger partial charge < -0.3 is 5.32 Å². The van der Waals surface area contributed by atoms with E-state index >= 15 is 0 Å². The molecule has 0 fully saturated rings. The quantitative estimate of drug-likeness (QED) is 0.947. The Balaban J connectivity index is 2.11. The number of nitrogens with one attached hydrogen (secondary N) is 1. The fourth-order valence-corrected chi connectivity index (χ4v) is 1.77. The summed E-state index contributed by atoms with van der Waals surface area (Å²) < 4.78 is 14.3. The van der Waals surface area contributed by atoms with E-state index in [-0.39, 0.29) is 18.1 Å². The third kappa shape index (κ3) is 3.02. The van der Waals surface area contributed by atoms with E-state index in [1.54, 1.807) is 12.1 Å². The predicted molar refractivity (Wildman–Crippen MR) is 68.2 cm³/mol. The number of hydrogen-bond donors (Lipinski definition) is 1. The van der Waals surface area contributed by atoms with Crippen molar-refractivity contribution in [1.29, 1.82) is 5.26 Å². The minimum atomic E-state index is -0.304. The van der Waals surface area contributed by atoms with Crippen LogP contribution >= 0.6 is 15.9 Å². The number of anilines is 1. The van der Waals surface area contributed by atoms with Crippen molar-refractivity contribution < 1.29 is 4.39 Å². The van der Waals surface area contributed by atoms with Crippen molar-refractivity contribution in [3.63, 3.8) is 0 Å². The van der Waals surface area contributed by atoms with Gasteiger partial charge in [-0.1, -0.05) is 15.9 Å². The van der Waals surface area contributed by atoms with Gasteiger partial charge >= 0.3 is 0 Å². The third-order valence-corrected chi connectivity index (χ3v) is 2.71. The van der Waals surface area contributed by atoms with Crippen LogP contribution in [-0.2, 0) is 6.54 Å². The Morgan fingerprint density at radius 3 is 3.00 bits per heavy atom. The first-order chi connectivity index (χ1) is 8.69. The second-order valence-electron chi connectivity index (χ2n) is 3.47. The summed E-state index contributed by atoms with van der Waals surface area (Å²) in [5.41, 5.74) is 0.762. The standard InChI is InChI=1S/C12H8BrFN4/c13-9-1-2-11(14)8(5-9)7-17-12-16-4-3-10(6-15)18-12/h1-5H,7H2,(H,16,17,18). The minimum absolute atomic E-state index is 0.250. The predicted octanol–water partition coefficient (Wildman–Crippen LogP) is 2.86. The molecule has 18 heavy (non-hydrogen) atoms. The van der Waals surface area contributed by atoms with E-state index in [4.69, 9.17) is 5.26 Å². The molecular formula is C12H8BrFN4. The lowest BCUT2D eigenvalue weighted by Crippen LogP contribution is -2.05. The van der Waals surface area contributed by atoms with Gasteiger partial charge in [0.2, 0.25) is 5.95 Å². The monoisotopic (exact) mass is 306 g/mol. The molecule has 0 aliphatic rings. The summed E-state index contributed by atoms with van der Waals surface area (Å²) in [4.78, 5) is 7.89. The summed E-state index contributed by atoms with van der Waals surface area (Å²) in [7, 11) is 0. The molecule has 0 saturated carbocycles. The van der Waals surface area contributed by atoms with Gasteiger partial charge in [-0.3, -0.25) is 0 Å². The molecule has 1 heterocycles. The van der Waals surface area contributed by atoms with Gasteiger partial charge in [-0.2, -0.15) is 5.26 Å². The van der Waals surface area contributed by atoms with Gasteiger partial charge in [-0.05, 0) is 24.3 Å². The Morgan fingerprint density at radius 2 is 2.22 bits per heavy atom. The number of nitrogens with zero attached hydrogens (tertiary/aromatic N) is 3. The normalized spacial score (nSPS) is 9.83. The first kappa shape index (κ1) is 12.5. The molecule has 1 N–H and O–H groups in total. The Bertz CT molecular complexity index is 609. The highest BCUT2D eigenvalue weighted by molar-refractivity contribution is 9.10. The van der Waals surface area contributed by atoms with Crippen molar-refractivity contribution in [1.82, 2.24) is 9.97 Å². The van der Waals surface area contributed by atoms with Crippen molar-refractivity contribution in [2.24, 2.45) is 0 Å². The Labute approximate surface area is 112 Å². The van der Waals surface area contributed by atoms with E-state index in [1.165, 1.54) is 18.3 Å². The number of nitriles is 1. The average molecular weight is 307 g/mol. The molecule has 1 aromatic carbocycles. The van der Waals surface area contributed by atoms with Crippen molar-refractivity contribution >= 4 is 21.9 Å². The van der Waals surface area contributed by atoms with E-state index in [1.807, 2.05) is 6.07 Å². The lowest BCUT2D eigenvalue weighted by Gasteiger charge is -2.06. The molecule has 0 radical (unpaired) electrons. The van der Waals surface area contributed by atoms with Crippen molar-refractivity contribution in [2.45, 2.75) is 6.54 Å². The summed E-state index contributed by atoms with van der Waals surface area (Å²) in [6, 6.07) is 8.11. The number of halogens is 2. The van der Waals surface area contributed by atoms with Gasteiger partial charge in [0.1, 0.15) is 17.6 Å². The molecule has 2 rings (SSSR count). The lowest BCUT2D eigenvalue weighted by atomic mass is 10.2. The topological polar surface area (TPSA) is 61.6 Å². The van der Waals surface area contributed by atoms with Gasteiger partial charge in [0.15, 0.2) is 0 Å². The maximum atomic E-state index is 13.5. The molecule has 0 atom stereocenters. The Morgan fingerprint density at radius 1 is 1.39 bits per heavy atom. The van der Waals surface area contributed by atoms with Crippen LogP contribution in [0.2, 0.25) is 0 Å². The fourth-order valence-electron chi connectivity index (χ4n) is 1.36. The lowest BCUT2D eigenvalue weighted by molar-refractivity contribution is 0.612. The zero-order chi connectivity index (χ0) is 13.0. The molecule has 6 heteroatoms. The highest BCUT2D eigenvalue weighted by Crippen LogP contribution is 2.16. The van der Waals surface area contributed by atoms with Crippen LogP contribution in [0.25, 0.3) is 0 Å². The molecule has 0 aliphatic heterocycles. The maximum absolute atomic E-state index is 13.5. The second-order valence-corrected chi connectivity index (χ2v) is 4.38. The highest BCUT2D eigenvalue weighted by atomic mass is 79.9. The molecule has 2 aromatic rings. The summed E-state index contributed by atoms with van der Waals surface area (Å²) in [6.07, 6.45) is 1.48. The van der Waals surface area contributed by atoms with Crippen LogP contribution < -0.4 is 5.32 Å². The fraction of sp³-hybridized carbons (Fsp3) is 0.0833. The van der Waals surface area contributed by atoms with E-state index in [2.05, 4.69) is 31.2 Å². The van der Waals surface area contributed by atoms with Gasteiger partial charge in [-0.25, -0.2) is 14.4 Å². The van der Waals surface area contributed by atoms with Crippen LogP contribution in [0, 0.1) is 17.1 Å². The molecule has 1 aromatic heterocycles. The van der Waals surface area contributed by atoms with Crippen LogP contribution in [0.5, 0.6) is 0 Å². The molecule has 0 unspecified atom stereocenters. The Hall–Kier alpha value is -2.00. The van der Waals surface area contributed by atoms with E-state index in [0.717, 1.165) is 4.47 Å². The number of hydrogen-bond acceptors (Lipinski definition) is 4. The number of benzene rings is 1. The SMILES string of the molecule is N#Cc1ccnc(NCc2cc(Br)ccc2F)n1. The van der Waals surface area contributed by atoms with Gasteiger partial charge in [0.05, 0.1) is 0 Å². The van der Waals surface area contributed by atoms with Crippen molar-refractivity contribution in [3.8, 4) is 6.07 Å². The Kier molecular flexibility index (Phi) is 3.85. The zero-order valence-corrected chi connectivity index (χ0v) is 10.8. The van der Waals surface area contributed by atoms with E-state index < -0.39 is 0 Å². The molecule has 4 nitrogen and oxygen atoms in total. The third-order valence-electron chi connectivity index (χ3n) is 2.21. The van der Waals surface area contributed by atoms with Crippen molar-refractivity contribution in [3.05, 3.63) is 52.0 Å². The molecule has 0 amide bonds. The van der Waals surface area contributed by atoms with Gasteiger partial charge in [-0.15, -0.1) is 0 Å². The molecule has 0 bridgehead atoms. The first-order valence-electron chi connectivity index (χ1n) is 5.10. The van der Waals surface area contributed by atoms with Crippen LogP contribution in [-0.4, -0.2) is 9.97 Å². The summed E-state index contributed by atoms with van der Waals surface area (Å²) in [5.74, 6) is -0.00411. The van der Waals surface area contributed by atoms with Crippen molar-refractivity contribution in [2.75, 3.05) is 5.32 Å². The van der Waals surface area contributed by atoms with Crippen LogP contribution in [0.1, 0.15) is 11.3 Å². The molecule has 0 aliphatic carbocycles. The summed E-state index contributed by atoms with van der Waals surface area (Å²) in [6.45, 7) is 0.250. The van der Waals surface area contributed by atoms with Gasteiger partial charge in [0, 0.05) is 22.8 Å². The second kappa shape index (κ2) is 5.56. The minimum Gasteiger partial charge on any atom is -0.350 e. The largest absolute Gasteiger partial charge is 0.350 e. The smallest absolute Gasteiger partial charge is 0.224 e. The molecule has 0 saturated heterocycles. The summed E-state index contributed by atoms with van der Waals surface area (Å²) >= 11 is 3.28. The van der Waals surface area contributed by atoms with Crippen LogP contribution in [0.15, 0.2) is 34.9 Å². The van der Waals surface area contributed by atoms with E-state index in [9.17, 15) is 4.39 Å². The van der Waals surface area contributed by atoms with E-state index in [0.29, 0.717) is 11.5 Å². The maximum Gasteiger partial charge on any atom is 0.224 e. The van der Waals surface area contributed by atoms with Crippen LogP contribution in [0.3, 0.4) is 0 Å². The van der Waals surface area contributed by atoms with Crippen LogP contribution in [0.4, 0.5) is 10.3 Å². The van der Waals surface area contributed by atoms with Gasteiger partial charge in [0.25, 0.3) is 0 Å². The summed E-state index contributed by atoms with van der Waals surface area (Å²) in [5, 5.41) is 11.6. The number of aromatic nitrogens is 2. The zero-order valence-electron chi connectivity index (χ0n) is 9.19. The molecule has 0 spiro atoms.